The van der Waals surface area contributed by atoms with E-state index in [1.165, 1.54) is 0 Å². The van der Waals surface area contributed by atoms with E-state index < -0.39 is 0 Å². The summed E-state index contributed by atoms with van der Waals surface area (Å²) in [6, 6.07) is 15.5. The Morgan fingerprint density at radius 2 is 1.90 bits per heavy atom. The molecule has 3 nitrogen and oxygen atoms in total. The summed E-state index contributed by atoms with van der Waals surface area (Å²) in [5, 5.41) is 2.96. The number of nitrogens with one attached hydrogen (secondary N) is 1. The van der Waals surface area contributed by atoms with Gasteiger partial charge in [-0.25, -0.2) is 0 Å². The Morgan fingerprint density at radius 3 is 2.67 bits per heavy atom. The molecule has 0 radical (unpaired) electrons. The standard InChI is InChI=1S/C17H15NO2S/c1-20-14-8-6-12(7-9-14)10-13-11-21-16-5-3-2-4-15(16)18-17(13)19/h2-10H,11H2,1H3,(H,18,19)/b13-10+. The number of fused-ring (bicyclic) bond motifs is 1. The number of hydrogen-bond donors (Lipinski definition) is 1. The molecule has 4 heteroatoms. The molecule has 0 bridgehead atoms. The largest absolute Gasteiger partial charge is 0.497 e. The highest BCUT2D eigenvalue weighted by Gasteiger charge is 2.17. The van der Waals surface area contributed by atoms with E-state index in [0.29, 0.717) is 5.75 Å². The van der Waals surface area contributed by atoms with Crippen molar-refractivity contribution in [3.05, 3.63) is 59.7 Å². The quantitative estimate of drug-likeness (QED) is 0.856. The SMILES string of the molecule is COc1ccc(/C=C2\CSc3ccccc3NC2=O)cc1. The van der Waals surface area contributed by atoms with Crippen LogP contribution >= 0.6 is 11.8 Å². The Balaban J connectivity index is 1.86. The average Bonchev–Trinajstić information content (AvgIpc) is 2.67. The number of benzene rings is 2. The van der Waals surface area contributed by atoms with Crippen molar-refractivity contribution in [2.24, 2.45) is 0 Å². The molecule has 106 valence electrons. The van der Waals surface area contributed by atoms with Gasteiger partial charge >= 0.3 is 0 Å². The van der Waals surface area contributed by atoms with Gasteiger partial charge in [-0.1, -0.05) is 24.3 Å². The van der Waals surface area contributed by atoms with Crippen molar-refractivity contribution in [3.8, 4) is 5.75 Å². The van der Waals surface area contributed by atoms with E-state index in [4.69, 9.17) is 4.74 Å². The van der Waals surface area contributed by atoms with Gasteiger partial charge in [0.05, 0.1) is 12.8 Å². The van der Waals surface area contributed by atoms with Crippen LogP contribution < -0.4 is 10.1 Å². The van der Waals surface area contributed by atoms with Gasteiger partial charge in [0.15, 0.2) is 0 Å². The van der Waals surface area contributed by atoms with Crippen LogP contribution in [0.25, 0.3) is 6.08 Å². The van der Waals surface area contributed by atoms with Gasteiger partial charge < -0.3 is 10.1 Å². The monoisotopic (exact) mass is 297 g/mol. The maximum atomic E-state index is 12.3. The normalized spacial score (nSPS) is 16.0. The minimum Gasteiger partial charge on any atom is -0.497 e. The zero-order valence-corrected chi connectivity index (χ0v) is 12.4. The fourth-order valence-electron chi connectivity index (χ4n) is 2.13. The van der Waals surface area contributed by atoms with Gasteiger partial charge in [-0.3, -0.25) is 4.79 Å². The van der Waals surface area contributed by atoms with Gasteiger partial charge in [0, 0.05) is 16.2 Å². The van der Waals surface area contributed by atoms with E-state index in [2.05, 4.69) is 5.32 Å². The van der Waals surface area contributed by atoms with Gasteiger partial charge in [-0.05, 0) is 35.9 Å². The fraction of sp³-hybridized carbons (Fsp3) is 0.118. The third-order valence-electron chi connectivity index (χ3n) is 3.27. The maximum absolute atomic E-state index is 12.3. The van der Waals surface area contributed by atoms with E-state index in [9.17, 15) is 4.79 Å². The minimum absolute atomic E-state index is 0.0386. The third-order valence-corrected chi connectivity index (χ3v) is 4.39. The van der Waals surface area contributed by atoms with Crippen LogP contribution in [0, 0.1) is 0 Å². The van der Waals surface area contributed by atoms with E-state index in [0.717, 1.165) is 27.5 Å². The van der Waals surface area contributed by atoms with Gasteiger partial charge in [-0.15, -0.1) is 11.8 Å². The molecule has 21 heavy (non-hydrogen) atoms. The first-order chi connectivity index (χ1) is 10.3. The summed E-state index contributed by atoms with van der Waals surface area (Å²) in [5.41, 5.74) is 2.64. The predicted octanol–water partition coefficient (Wildman–Crippen LogP) is 3.82. The van der Waals surface area contributed by atoms with Crippen molar-refractivity contribution in [1.82, 2.24) is 0 Å². The molecule has 0 atom stereocenters. The van der Waals surface area contributed by atoms with Crippen molar-refractivity contribution in [1.29, 1.82) is 0 Å². The first kappa shape index (κ1) is 13.8. The molecule has 1 aliphatic rings. The highest BCUT2D eigenvalue weighted by Crippen LogP contribution is 2.32. The molecule has 1 N–H and O–H groups in total. The number of thioether (sulfide) groups is 1. The zero-order chi connectivity index (χ0) is 14.7. The van der Waals surface area contributed by atoms with Crippen LogP contribution in [-0.4, -0.2) is 18.8 Å². The predicted molar refractivity (Wildman–Crippen MR) is 86.8 cm³/mol. The summed E-state index contributed by atoms with van der Waals surface area (Å²) < 4.78 is 5.14. The Morgan fingerprint density at radius 1 is 1.14 bits per heavy atom. The lowest BCUT2D eigenvalue weighted by Crippen LogP contribution is -2.13. The highest BCUT2D eigenvalue weighted by atomic mass is 32.2. The van der Waals surface area contributed by atoms with Crippen LogP contribution in [0.5, 0.6) is 5.75 Å². The summed E-state index contributed by atoms with van der Waals surface area (Å²) in [6.45, 7) is 0. The lowest BCUT2D eigenvalue weighted by atomic mass is 10.1. The highest BCUT2D eigenvalue weighted by molar-refractivity contribution is 7.99. The molecule has 0 fully saturated rings. The molecule has 2 aromatic carbocycles. The molecule has 0 aromatic heterocycles. The molecule has 0 aliphatic carbocycles. The second kappa shape index (κ2) is 6.06. The van der Waals surface area contributed by atoms with Crippen LogP contribution in [-0.2, 0) is 4.79 Å². The minimum atomic E-state index is -0.0386. The Labute approximate surface area is 128 Å². The van der Waals surface area contributed by atoms with Crippen molar-refractivity contribution >= 4 is 29.4 Å². The number of anilines is 1. The third kappa shape index (κ3) is 3.11. The summed E-state index contributed by atoms with van der Waals surface area (Å²) in [7, 11) is 1.64. The van der Waals surface area contributed by atoms with Gasteiger partial charge in [-0.2, -0.15) is 0 Å². The van der Waals surface area contributed by atoms with Crippen molar-refractivity contribution in [3.63, 3.8) is 0 Å². The Hall–Kier alpha value is -2.20. The van der Waals surface area contributed by atoms with Gasteiger partial charge in [0.2, 0.25) is 0 Å². The average molecular weight is 297 g/mol. The molecule has 2 aromatic rings. The van der Waals surface area contributed by atoms with Crippen LogP contribution in [0.3, 0.4) is 0 Å². The molecule has 0 saturated heterocycles. The molecule has 0 saturated carbocycles. The van der Waals surface area contributed by atoms with Crippen LogP contribution in [0.15, 0.2) is 59.0 Å². The smallest absolute Gasteiger partial charge is 0.252 e. The molecule has 0 unspecified atom stereocenters. The summed E-state index contributed by atoms with van der Waals surface area (Å²) in [4.78, 5) is 13.4. The van der Waals surface area contributed by atoms with Crippen molar-refractivity contribution in [2.75, 3.05) is 18.2 Å². The number of carbonyl (C=O) groups excluding carboxylic acids is 1. The van der Waals surface area contributed by atoms with E-state index in [-0.39, 0.29) is 5.91 Å². The number of para-hydroxylation sites is 1. The molecule has 0 spiro atoms. The molecular weight excluding hydrogens is 282 g/mol. The lowest BCUT2D eigenvalue weighted by Gasteiger charge is -2.04. The molecule has 3 rings (SSSR count). The van der Waals surface area contributed by atoms with Crippen molar-refractivity contribution in [2.45, 2.75) is 4.90 Å². The molecule has 1 heterocycles. The Bertz CT molecular complexity index is 692. The molecule has 1 amide bonds. The van der Waals surface area contributed by atoms with E-state index in [1.54, 1.807) is 18.9 Å². The number of rotatable bonds is 2. The lowest BCUT2D eigenvalue weighted by molar-refractivity contribution is -0.112. The Kier molecular flexibility index (Phi) is 3.97. The van der Waals surface area contributed by atoms with E-state index in [1.807, 2.05) is 54.6 Å². The summed E-state index contributed by atoms with van der Waals surface area (Å²) in [6.07, 6.45) is 1.92. The number of amides is 1. The topological polar surface area (TPSA) is 38.3 Å². The first-order valence-corrected chi connectivity index (χ1v) is 7.62. The number of ether oxygens (including phenoxy) is 1. The number of methoxy groups -OCH3 is 1. The van der Waals surface area contributed by atoms with Gasteiger partial charge in [0.1, 0.15) is 5.75 Å². The molecular formula is C17H15NO2S. The van der Waals surface area contributed by atoms with Crippen LogP contribution in [0.1, 0.15) is 5.56 Å². The number of hydrogen-bond acceptors (Lipinski definition) is 3. The maximum Gasteiger partial charge on any atom is 0.252 e. The zero-order valence-electron chi connectivity index (χ0n) is 11.6. The summed E-state index contributed by atoms with van der Waals surface area (Å²) >= 11 is 1.67. The van der Waals surface area contributed by atoms with Crippen LogP contribution in [0.2, 0.25) is 0 Å². The fourth-order valence-corrected chi connectivity index (χ4v) is 3.10. The van der Waals surface area contributed by atoms with Gasteiger partial charge in [0.25, 0.3) is 5.91 Å². The van der Waals surface area contributed by atoms with Crippen LogP contribution in [0.4, 0.5) is 5.69 Å². The number of carbonyl (C=O) groups is 1. The summed E-state index contributed by atoms with van der Waals surface area (Å²) in [5.74, 6) is 1.43. The molecule has 1 aliphatic heterocycles. The first-order valence-electron chi connectivity index (χ1n) is 6.64. The van der Waals surface area contributed by atoms with Crippen molar-refractivity contribution < 1.29 is 9.53 Å². The van der Waals surface area contributed by atoms with E-state index >= 15 is 0 Å². The second-order valence-corrected chi connectivity index (χ2v) is 5.70. The second-order valence-electron chi connectivity index (χ2n) is 4.68.